The third-order valence-electron chi connectivity index (χ3n) is 3.91. The molecule has 2 N–H and O–H groups in total. The molecule has 0 saturated heterocycles. The lowest BCUT2D eigenvalue weighted by atomic mass is 10.1. The van der Waals surface area contributed by atoms with Gasteiger partial charge in [0.1, 0.15) is 5.76 Å². The maximum atomic E-state index is 12.2. The second kappa shape index (κ2) is 9.08. The van der Waals surface area contributed by atoms with Crippen LogP contribution < -0.4 is 5.32 Å². The zero-order chi connectivity index (χ0) is 17.4. The average Bonchev–Trinajstić information content (AvgIpc) is 3.11. The number of pyridine rings is 1. The molecule has 24 heavy (non-hydrogen) atoms. The van der Waals surface area contributed by atoms with Crippen molar-refractivity contribution in [2.45, 2.75) is 26.3 Å². The summed E-state index contributed by atoms with van der Waals surface area (Å²) in [4.78, 5) is 18.1. The molecule has 6 nitrogen and oxygen atoms in total. The molecular weight excluding hydrogens is 306 g/mol. The van der Waals surface area contributed by atoms with Gasteiger partial charge in [0.05, 0.1) is 18.5 Å². The highest BCUT2D eigenvalue weighted by atomic mass is 16.3. The van der Waals surface area contributed by atoms with E-state index in [1.807, 2.05) is 30.5 Å². The molecule has 0 bridgehead atoms. The Kier molecular flexibility index (Phi) is 6.81. The van der Waals surface area contributed by atoms with Crippen LogP contribution in [0.1, 0.15) is 23.9 Å². The number of aromatic nitrogens is 1. The largest absolute Gasteiger partial charge is 0.469 e. The summed E-state index contributed by atoms with van der Waals surface area (Å²) in [7, 11) is 1.73. The maximum Gasteiger partial charge on any atom is 0.317 e. The molecule has 1 atom stereocenters. The Morgan fingerprint density at radius 1 is 1.42 bits per heavy atom. The number of nitrogens with zero attached hydrogens (tertiary/aromatic N) is 2. The summed E-state index contributed by atoms with van der Waals surface area (Å²) in [6, 6.07) is 7.46. The minimum atomic E-state index is -0.186. The van der Waals surface area contributed by atoms with Gasteiger partial charge in [0, 0.05) is 38.7 Å². The molecule has 0 aliphatic heterocycles. The first-order chi connectivity index (χ1) is 11.6. The number of nitrogens with one attached hydrogen (secondary N) is 1. The van der Waals surface area contributed by atoms with Crippen molar-refractivity contribution in [3.63, 3.8) is 0 Å². The number of aliphatic hydroxyl groups is 1. The Balaban J connectivity index is 1.79. The fraction of sp³-hybridized carbons (Fsp3) is 0.444. The summed E-state index contributed by atoms with van der Waals surface area (Å²) in [5.41, 5.74) is 2.02. The smallest absolute Gasteiger partial charge is 0.317 e. The van der Waals surface area contributed by atoms with E-state index in [1.54, 1.807) is 18.2 Å². The summed E-state index contributed by atoms with van der Waals surface area (Å²) in [5.74, 6) is 0.729. The van der Waals surface area contributed by atoms with Crippen LogP contribution in [-0.2, 0) is 19.4 Å². The number of aliphatic hydroxyl groups excluding tert-OH is 1. The van der Waals surface area contributed by atoms with E-state index >= 15 is 0 Å². The predicted octanol–water partition coefficient (Wildman–Crippen LogP) is 2.23. The van der Waals surface area contributed by atoms with Crippen molar-refractivity contribution in [3.05, 3.63) is 53.7 Å². The van der Waals surface area contributed by atoms with E-state index in [9.17, 15) is 9.90 Å². The summed E-state index contributed by atoms with van der Waals surface area (Å²) in [5, 5.41) is 12.3. The number of furan rings is 1. The van der Waals surface area contributed by atoms with E-state index in [1.165, 1.54) is 5.56 Å². The minimum absolute atomic E-state index is 0.00920. The van der Waals surface area contributed by atoms with Gasteiger partial charge in [-0.2, -0.15) is 0 Å². The summed E-state index contributed by atoms with van der Waals surface area (Å²) in [6.07, 6.45) is 4.98. The van der Waals surface area contributed by atoms with Gasteiger partial charge >= 0.3 is 6.03 Å². The van der Waals surface area contributed by atoms with E-state index in [2.05, 4.69) is 17.2 Å². The van der Waals surface area contributed by atoms with Crippen molar-refractivity contribution in [3.8, 4) is 0 Å². The minimum Gasteiger partial charge on any atom is -0.469 e. The monoisotopic (exact) mass is 331 g/mol. The molecule has 2 aromatic heterocycles. The van der Waals surface area contributed by atoms with Crippen LogP contribution in [0, 0.1) is 5.92 Å². The molecule has 130 valence electrons. The van der Waals surface area contributed by atoms with E-state index in [0.717, 1.165) is 17.9 Å². The fourth-order valence-electron chi connectivity index (χ4n) is 2.35. The highest BCUT2D eigenvalue weighted by molar-refractivity contribution is 5.73. The van der Waals surface area contributed by atoms with Gasteiger partial charge in [0.2, 0.25) is 0 Å². The molecular formula is C18H25N3O3. The summed E-state index contributed by atoms with van der Waals surface area (Å²) >= 11 is 0. The number of hydrogen-bond donors (Lipinski definition) is 2. The molecule has 2 aromatic rings. The molecule has 2 heterocycles. The molecule has 0 saturated carbocycles. The molecule has 2 rings (SSSR count). The van der Waals surface area contributed by atoms with Crippen molar-refractivity contribution < 1.29 is 14.3 Å². The van der Waals surface area contributed by atoms with Crippen LogP contribution in [0.5, 0.6) is 0 Å². The van der Waals surface area contributed by atoms with Crippen molar-refractivity contribution in [2.24, 2.45) is 5.92 Å². The summed E-state index contributed by atoms with van der Waals surface area (Å²) in [6.45, 7) is 2.90. The van der Waals surface area contributed by atoms with Crippen LogP contribution >= 0.6 is 0 Å². The molecule has 2 amide bonds. The molecule has 6 heteroatoms. The zero-order valence-electron chi connectivity index (χ0n) is 14.2. The van der Waals surface area contributed by atoms with Crippen LogP contribution in [0.25, 0.3) is 0 Å². The quantitative estimate of drug-likeness (QED) is 0.777. The third kappa shape index (κ3) is 5.38. The second-order valence-electron chi connectivity index (χ2n) is 5.89. The van der Waals surface area contributed by atoms with Gasteiger partial charge in [-0.05, 0) is 30.2 Å². The Morgan fingerprint density at radius 3 is 2.83 bits per heavy atom. The molecule has 0 aliphatic carbocycles. The number of carbonyl (C=O) groups is 1. The van der Waals surface area contributed by atoms with Crippen LogP contribution in [0.2, 0.25) is 0 Å². The van der Waals surface area contributed by atoms with E-state index in [-0.39, 0.29) is 18.6 Å². The molecule has 0 spiro atoms. The van der Waals surface area contributed by atoms with Crippen molar-refractivity contribution >= 4 is 6.03 Å². The predicted molar refractivity (Wildman–Crippen MR) is 91.5 cm³/mol. The number of urea groups is 1. The third-order valence-corrected chi connectivity index (χ3v) is 3.91. The molecule has 0 radical (unpaired) electrons. The number of hydrogen-bond acceptors (Lipinski definition) is 4. The maximum absolute atomic E-state index is 12.2. The lowest BCUT2D eigenvalue weighted by molar-refractivity contribution is 0.192. The summed E-state index contributed by atoms with van der Waals surface area (Å²) < 4.78 is 5.28. The van der Waals surface area contributed by atoms with Gasteiger partial charge in [0.15, 0.2) is 0 Å². The average molecular weight is 331 g/mol. The van der Waals surface area contributed by atoms with E-state index in [4.69, 9.17) is 4.42 Å². The van der Waals surface area contributed by atoms with Gasteiger partial charge in [-0.1, -0.05) is 13.0 Å². The van der Waals surface area contributed by atoms with Gasteiger partial charge < -0.3 is 19.7 Å². The highest BCUT2D eigenvalue weighted by Crippen LogP contribution is 2.09. The molecule has 0 fully saturated rings. The van der Waals surface area contributed by atoms with Crippen molar-refractivity contribution in [1.82, 2.24) is 15.2 Å². The first-order valence-electron chi connectivity index (χ1n) is 8.18. The van der Waals surface area contributed by atoms with Crippen LogP contribution in [-0.4, -0.2) is 41.2 Å². The SMILES string of the molecule is CCc1ccc(CN(C)C(=O)NCC(CO)Cc2ccco2)nc1. The van der Waals surface area contributed by atoms with Crippen molar-refractivity contribution in [2.75, 3.05) is 20.2 Å². The Bertz CT molecular complexity index is 611. The number of rotatable bonds is 8. The normalized spacial score (nSPS) is 12.0. The van der Waals surface area contributed by atoms with Crippen LogP contribution in [0.3, 0.4) is 0 Å². The van der Waals surface area contributed by atoms with Crippen molar-refractivity contribution in [1.29, 1.82) is 0 Å². The highest BCUT2D eigenvalue weighted by Gasteiger charge is 2.14. The first kappa shape index (κ1) is 18.0. The Hall–Kier alpha value is -2.34. The second-order valence-corrected chi connectivity index (χ2v) is 5.89. The molecule has 1 unspecified atom stereocenters. The Labute approximate surface area is 142 Å². The number of carbonyl (C=O) groups excluding carboxylic acids is 1. The first-order valence-corrected chi connectivity index (χ1v) is 8.18. The Morgan fingerprint density at radius 2 is 2.25 bits per heavy atom. The van der Waals surface area contributed by atoms with Gasteiger partial charge in [-0.3, -0.25) is 4.98 Å². The lowest BCUT2D eigenvalue weighted by Gasteiger charge is -2.20. The molecule has 0 aromatic carbocycles. The number of amides is 2. The lowest BCUT2D eigenvalue weighted by Crippen LogP contribution is -2.40. The topological polar surface area (TPSA) is 78.6 Å². The number of aryl methyl sites for hydroxylation is 1. The van der Waals surface area contributed by atoms with Crippen LogP contribution in [0.15, 0.2) is 41.1 Å². The van der Waals surface area contributed by atoms with Gasteiger partial charge in [-0.25, -0.2) is 4.79 Å². The van der Waals surface area contributed by atoms with E-state index < -0.39 is 0 Å². The van der Waals surface area contributed by atoms with Gasteiger partial charge in [0.25, 0.3) is 0 Å². The van der Waals surface area contributed by atoms with Crippen LogP contribution in [0.4, 0.5) is 4.79 Å². The fourth-order valence-corrected chi connectivity index (χ4v) is 2.35. The van der Waals surface area contributed by atoms with E-state index in [0.29, 0.717) is 19.5 Å². The standard InChI is InChI=1S/C18H25N3O3/c1-3-14-6-7-16(19-10-14)12-21(2)18(23)20-11-15(13-22)9-17-5-4-8-24-17/h4-8,10,15,22H,3,9,11-13H2,1-2H3,(H,20,23). The molecule has 0 aliphatic rings. The van der Waals surface area contributed by atoms with Gasteiger partial charge in [-0.15, -0.1) is 0 Å². The zero-order valence-corrected chi connectivity index (χ0v) is 14.2.